The number of furan rings is 1. The van der Waals surface area contributed by atoms with Gasteiger partial charge in [0.25, 0.3) is 0 Å². The van der Waals surface area contributed by atoms with Crippen molar-refractivity contribution in [2.75, 3.05) is 5.73 Å². The molecule has 0 amide bonds. The van der Waals surface area contributed by atoms with Gasteiger partial charge in [-0.25, -0.2) is 0 Å². The quantitative estimate of drug-likeness (QED) is 0.745. The molecule has 2 N–H and O–H groups in total. The minimum atomic E-state index is 0.0545. The number of nitrogens with zero attached hydrogens (tertiary/aromatic N) is 3. The smallest absolute Gasteiger partial charge is 0.227 e. The number of nitrogens with two attached hydrogens (primary N) is 1. The molecule has 0 unspecified atom stereocenters. The molecular weight excluding hydrogens is 192 g/mol. The summed E-state index contributed by atoms with van der Waals surface area (Å²) in [6.07, 6.45) is 1.52. The molecular formula is C7H5ClN4O. The molecule has 0 aliphatic carbocycles. The largest absolute Gasteiger partial charge is 0.461 e. The van der Waals surface area contributed by atoms with Crippen LogP contribution in [0.15, 0.2) is 22.8 Å². The maximum absolute atomic E-state index is 5.58. The van der Waals surface area contributed by atoms with Gasteiger partial charge >= 0.3 is 0 Å². The lowest BCUT2D eigenvalue weighted by Gasteiger charge is -1.96. The molecule has 13 heavy (non-hydrogen) atoms. The molecule has 0 atom stereocenters. The fourth-order valence-corrected chi connectivity index (χ4v) is 1.05. The van der Waals surface area contributed by atoms with Crippen molar-refractivity contribution in [1.29, 1.82) is 0 Å². The van der Waals surface area contributed by atoms with E-state index in [9.17, 15) is 0 Å². The third-order valence-electron chi connectivity index (χ3n) is 1.37. The summed E-state index contributed by atoms with van der Waals surface area (Å²) in [4.78, 5) is 11.3. The van der Waals surface area contributed by atoms with E-state index >= 15 is 0 Å². The number of anilines is 1. The van der Waals surface area contributed by atoms with Gasteiger partial charge in [0, 0.05) is 0 Å². The first kappa shape index (κ1) is 8.00. The van der Waals surface area contributed by atoms with Crippen LogP contribution in [0.3, 0.4) is 0 Å². The van der Waals surface area contributed by atoms with Crippen LogP contribution in [0.2, 0.25) is 5.28 Å². The Kier molecular flexibility index (Phi) is 1.86. The van der Waals surface area contributed by atoms with Crippen molar-refractivity contribution in [3.63, 3.8) is 0 Å². The van der Waals surface area contributed by atoms with Crippen molar-refractivity contribution in [2.24, 2.45) is 0 Å². The summed E-state index contributed by atoms with van der Waals surface area (Å²) in [5.41, 5.74) is 5.38. The maximum atomic E-state index is 5.58. The molecule has 2 aromatic heterocycles. The second-order valence-corrected chi connectivity index (χ2v) is 2.60. The molecule has 0 radical (unpaired) electrons. The zero-order chi connectivity index (χ0) is 9.26. The third kappa shape index (κ3) is 1.59. The number of hydrogen-bond acceptors (Lipinski definition) is 5. The summed E-state index contributed by atoms with van der Waals surface area (Å²) in [6.45, 7) is 0. The standard InChI is InChI=1S/C7H5ClN4O/c8-6-10-5(11-7(9)12-6)4-2-1-3-13-4/h1-3H,(H2,9,10,11,12). The van der Waals surface area contributed by atoms with Crippen LogP contribution >= 0.6 is 11.6 Å². The van der Waals surface area contributed by atoms with E-state index in [1.165, 1.54) is 6.26 Å². The Bertz CT molecular complexity index is 394. The lowest BCUT2D eigenvalue weighted by molar-refractivity contribution is 0.577. The summed E-state index contributed by atoms with van der Waals surface area (Å²) in [5.74, 6) is 0.921. The Balaban J connectivity index is 2.53. The number of aromatic nitrogens is 3. The van der Waals surface area contributed by atoms with Crippen LogP contribution < -0.4 is 5.73 Å². The van der Waals surface area contributed by atoms with Gasteiger partial charge in [-0.3, -0.25) is 0 Å². The molecule has 2 heterocycles. The van der Waals surface area contributed by atoms with Crippen LogP contribution in [0, 0.1) is 0 Å². The molecule has 2 aromatic rings. The third-order valence-corrected chi connectivity index (χ3v) is 1.54. The zero-order valence-corrected chi connectivity index (χ0v) is 7.19. The number of halogens is 1. The van der Waals surface area contributed by atoms with Gasteiger partial charge in [-0.05, 0) is 23.7 Å². The predicted molar refractivity (Wildman–Crippen MR) is 47.0 cm³/mol. The van der Waals surface area contributed by atoms with Crippen molar-refractivity contribution >= 4 is 17.5 Å². The van der Waals surface area contributed by atoms with E-state index in [-0.39, 0.29) is 11.2 Å². The summed E-state index contributed by atoms with van der Waals surface area (Å²) in [5, 5.41) is 0.0545. The highest BCUT2D eigenvalue weighted by Gasteiger charge is 2.06. The summed E-state index contributed by atoms with van der Waals surface area (Å²) >= 11 is 5.58. The van der Waals surface area contributed by atoms with Crippen LogP contribution in [0.4, 0.5) is 5.95 Å². The molecule has 0 aliphatic heterocycles. The minimum Gasteiger partial charge on any atom is -0.461 e. The van der Waals surface area contributed by atoms with Crippen LogP contribution in [-0.4, -0.2) is 15.0 Å². The molecule has 0 bridgehead atoms. The predicted octanol–water partition coefficient (Wildman–Crippen LogP) is 1.37. The second-order valence-electron chi connectivity index (χ2n) is 2.26. The topological polar surface area (TPSA) is 77.8 Å². The van der Waals surface area contributed by atoms with Crippen LogP contribution in [-0.2, 0) is 0 Å². The van der Waals surface area contributed by atoms with Crippen molar-refractivity contribution in [3.05, 3.63) is 23.7 Å². The molecule has 0 saturated heterocycles. The van der Waals surface area contributed by atoms with E-state index < -0.39 is 0 Å². The summed E-state index contributed by atoms with van der Waals surface area (Å²) in [6, 6.07) is 3.44. The first-order valence-electron chi connectivity index (χ1n) is 3.46. The maximum Gasteiger partial charge on any atom is 0.227 e. The first-order valence-corrected chi connectivity index (χ1v) is 3.84. The van der Waals surface area contributed by atoms with Gasteiger partial charge in [-0.1, -0.05) is 0 Å². The van der Waals surface area contributed by atoms with E-state index in [0.717, 1.165) is 0 Å². The SMILES string of the molecule is Nc1nc(Cl)nc(-c2ccco2)n1. The molecule has 0 saturated carbocycles. The van der Waals surface area contributed by atoms with Crippen molar-refractivity contribution < 1.29 is 4.42 Å². The van der Waals surface area contributed by atoms with Gasteiger partial charge < -0.3 is 10.2 Å². The Hall–Kier alpha value is -1.62. The number of nitrogen functional groups attached to an aromatic ring is 1. The van der Waals surface area contributed by atoms with E-state index in [1.54, 1.807) is 12.1 Å². The highest BCUT2D eigenvalue weighted by molar-refractivity contribution is 6.28. The van der Waals surface area contributed by atoms with Crippen LogP contribution in [0.5, 0.6) is 0 Å². The zero-order valence-electron chi connectivity index (χ0n) is 6.44. The second kappa shape index (κ2) is 3.02. The molecule has 66 valence electrons. The Labute approximate surface area is 78.6 Å². The highest BCUT2D eigenvalue weighted by Crippen LogP contribution is 2.16. The Morgan fingerprint density at radius 2 is 2.15 bits per heavy atom. The van der Waals surface area contributed by atoms with Crippen molar-refractivity contribution in [3.8, 4) is 11.6 Å². The minimum absolute atomic E-state index is 0.0545. The lowest BCUT2D eigenvalue weighted by Crippen LogP contribution is -1.99. The number of hydrogen-bond donors (Lipinski definition) is 1. The van der Waals surface area contributed by atoms with E-state index in [1.807, 2.05) is 0 Å². The Morgan fingerprint density at radius 1 is 1.31 bits per heavy atom. The number of rotatable bonds is 1. The van der Waals surface area contributed by atoms with Crippen LogP contribution in [0.25, 0.3) is 11.6 Å². The summed E-state index contributed by atoms with van der Waals surface area (Å²) < 4.78 is 5.06. The average Bonchev–Trinajstić information content (AvgIpc) is 2.53. The van der Waals surface area contributed by atoms with E-state index in [0.29, 0.717) is 11.6 Å². The molecule has 0 spiro atoms. The molecule has 5 nitrogen and oxygen atoms in total. The van der Waals surface area contributed by atoms with Gasteiger partial charge in [0.05, 0.1) is 6.26 Å². The van der Waals surface area contributed by atoms with Crippen molar-refractivity contribution in [1.82, 2.24) is 15.0 Å². The molecule has 0 fully saturated rings. The first-order chi connectivity index (χ1) is 6.25. The van der Waals surface area contributed by atoms with Gasteiger partial charge in [0.1, 0.15) is 0 Å². The highest BCUT2D eigenvalue weighted by atomic mass is 35.5. The van der Waals surface area contributed by atoms with E-state index in [2.05, 4.69) is 15.0 Å². The average molecular weight is 197 g/mol. The van der Waals surface area contributed by atoms with Gasteiger partial charge in [0.15, 0.2) is 5.76 Å². The van der Waals surface area contributed by atoms with Crippen LogP contribution in [0.1, 0.15) is 0 Å². The van der Waals surface area contributed by atoms with Gasteiger partial charge in [0.2, 0.25) is 17.1 Å². The molecule has 0 aromatic carbocycles. The molecule has 0 aliphatic rings. The fraction of sp³-hybridized carbons (Fsp3) is 0. The van der Waals surface area contributed by atoms with Crippen molar-refractivity contribution in [2.45, 2.75) is 0 Å². The lowest BCUT2D eigenvalue weighted by atomic mass is 10.4. The van der Waals surface area contributed by atoms with Gasteiger partial charge in [-0.2, -0.15) is 15.0 Å². The summed E-state index contributed by atoms with van der Waals surface area (Å²) in [7, 11) is 0. The fourth-order valence-electron chi connectivity index (χ4n) is 0.881. The van der Waals surface area contributed by atoms with Gasteiger partial charge in [-0.15, -0.1) is 0 Å². The molecule has 6 heteroatoms. The monoisotopic (exact) mass is 196 g/mol. The van der Waals surface area contributed by atoms with E-state index in [4.69, 9.17) is 21.8 Å². The molecule has 2 rings (SSSR count). The normalized spacial score (nSPS) is 10.2. The Morgan fingerprint density at radius 3 is 2.77 bits per heavy atom.